The summed E-state index contributed by atoms with van der Waals surface area (Å²) in [7, 11) is 0. The molecule has 2 aromatic carbocycles. The summed E-state index contributed by atoms with van der Waals surface area (Å²) in [5.74, 6) is -0.467. The summed E-state index contributed by atoms with van der Waals surface area (Å²) in [5, 5.41) is 7.09. The van der Waals surface area contributed by atoms with Crippen molar-refractivity contribution >= 4 is 22.6 Å². The molecule has 0 bridgehead atoms. The number of aryl methyl sites for hydroxylation is 3. The van der Waals surface area contributed by atoms with Gasteiger partial charge in [0.2, 0.25) is 17.2 Å². The molecule has 0 unspecified atom stereocenters. The van der Waals surface area contributed by atoms with Gasteiger partial charge in [-0.1, -0.05) is 35.5 Å². The van der Waals surface area contributed by atoms with Gasteiger partial charge in [-0.25, -0.2) is 9.37 Å². The maximum Gasteiger partial charge on any atom is 0.263 e. The topological polar surface area (TPSA) is 103 Å². The summed E-state index contributed by atoms with van der Waals surface area (Å²) in [4.78, 5) is 35.2. The molecule has 36 heavy (non-hydrogen) atoms. The number of carbonyl (C=O) groups is 1. The van der Waals surface area contributed by atoms with Crippen molar-refractivity contribution in [2.24, 2.45) is 0 Å². The van der Waals surface area contributed by atoms with E-state index in [0.29, 0.717) is 28.2 Å². The third-order valence-electron chi connectivity index (χ3n) is 5.89. The minimum absolute atomic E-state index is 0.0378. The molecular formula is C27H22FN5O3. The van der Waals surface area contributed by atoms with Gasteiger partial charge < -0.3 is 14.4 Å². The predicted molar refractivity (Wildman–Crippen MR) is 134 cm³/mol. The molecule has 0 saturated heterocycles. The number of nitrogens with zero attached hydrogens (tertiary/aromatic N) is 4. The van der Waals surface area contributed by atoms with Crippen molar-refractivity contribution in [1.29, 1.82) is 0 Å². The minimum atomic E-state index is -0.454. The van der Waals surface area contributed by atoms with Crippen molar-refractivity contribution in [2.45, 2.75) is 27.3 Å². The lowest BCUT2D eigenvalue weighted by Crippen LogP contribution is -2.22. The lowest BCUT2D eigenvalue weighted by atomic mass is 10.1. The van der Waals surface area contributed by atoms with E-state index in [4.69, 9.17) is 4.52 Å². The van der Waals surface area contributed by atoms with E-state index >= 15 is 0 Å². The molecule has 5 aromatic rings. The Morgan fingerprint density at radius 2 is 1.81 bits per heavy atom. The third-order valence-corrected chi connectivity index (χ3v) is 5.89. The number of pyridine rings is 2. The van der Waals surface area contributed by atoms with E-state index in [1.807, 2.05) is 31.2 Å². The fourth-order valence-electron chi connectivity index (χ4n) is 3.97. The normalized spacial score (nSPS) is 11.1. The Morgan fingerprint density at radius 1 is 1.00 bits per heavy atom. The van der Waals surface area contributed by atoms with Gasteiger partial charge in [-0.3, -0.25) is 9.59 Å². The first kappa shape index (κ1) is 23.1. The highest BCUT2D eigenvalue weighted by molar-refractivity contribution is 5.92. The molecule has 3 aromatic heterocycles. The number of fused-ring (bicyclic) bond motifs is 1. The molecule has 1 N–H and O–H groups in total. The molecule has 0 radical (unpaired) electrons. The second-order valence-electron chi connectivity index (χ2n) is 8.57. The maximum atomic E-state index is 13.7. The number of amides is 1. The van der Waals surface area contributed by atoms with Crippen molar-refractivity contribution in [3.05, 3.63) is 93.7 Å². The molecule has 0 saturated carbocycles. The fourth-order valence-corrected chi connectivity index (χ4v) is 3.97. The van der Waals surface area contributed by atoms with Crippen LogP contribution in [0.1, 0.15) is 16.8 Å². The summed E-state index contributed by atoms with van der Waals surface area (Å²) in [5.41, 5.74) is 3.68. The molecule has 180 valence electrons. The van der Waals surface area contributed by atoms with E-state index < -0.39 is 11.7 Å². The number of nitrogens with one attached hydrogen (secondary N) is 1. The van der Waals surface area contributed by atoms with E-state index in [9.17, 15) is 14.0 Å². The van der Waals surface area contributed by atoms with Gasteiger partial charge in [-0.2, -0.15) is 4.98 Å². The summed E-state index contributed by atoms with van der Waals surface area (Å²) in [6.07, 6.45) is 1.49. The average Bonchev–Trinajstić information content (AvgIpc) is 3.33. The van der Waals surface area contributed by atoms with Crippen molar-refractivity contribution in [3.8, 4) is 22.8 Å². The molecule has 3 heterocycles. The lowest BCUT2D eigenvalue weighted by Gasteiger charge is -2.13. The van der Waals surface area contributed by atoms with E-state index in [0.717, 1.165) is 16.7 Å². The van der Waals surface area contributed by atoms with Crippen LogP contribution in [0.2, 0.25) is 0 Å². The number of carbonyl (C=O) groups excluding carboxylic acids is 1. The Hall–Kier alpha value is -4.66. The minimum Gasteiger partial charge on any atom is -0.333 e. The molecule has 0 aliphatic rings. The molecule has 1 amide bonds. The number of halogens is 1. The van der Waals surface area contributed by atoms with Crippen molar-refractivity contribution < 1.29 is 13.7 Å². The molecule has 0 fully saturated rings. The Morgan fingerprint density at radius 3 is 2.61 bits per heavy atom. The van der Waals surface area contributed by atoms with Gasteiger partial charge in [-0.15, -0.1) is 0 Å². The molecule has 0 spiro atoms. The van der Waals surface area contributed by atoms with E-state index in [1.54, 1.807) is 36.6 Å². The summed E-state index contributed by atoms with van der Waals surface area (Å²) in [6.45, 7) is 5.33. The second kappa shape index (κ2) is 9.18. The number of benzene rings is 2. The largest absolute Gasteiger partial charge is 0.333 e. The number of anilines is 1. The molecular weight excluding hydrogens is 461 g/mol. The van der Waals surface area contributed by atoms with Crippen LogP contribution in [0.3, 0.4) is 0 Å². The summed E-state index contributed by atoms with van der Waals surface area (Å²) >= 11 is 0. The van der Waals surface area contributed by atoms with Crippen LogP contribution in [0.15, 0.2) is 70.1 Å². The van der Waals surface area contributed by atoms with Crippen molar-refractivity contribution in [1.82, 2.24) is 19.7 Å². The number of hydrogen-bond acceptors (Lipinski definition) is 6. The van der Waals surface area contributed by atoms with Gasteiger partial charge in [0.25, 0.3) is 5.89 Å². The second-order valence-corrected chi connectivity index (χ2v) is 8.57. The smallest absolute Gasteiger partial charge is 0.263 e. The van der Waals surface area contributed by atoms with E-state index in [-0.39, 0.29) is 23.4 Å². The molecule has 0 aliphatic carbocycles. The average molecular weight is 484 g/mol. The van der Waals surface area contributed by atoms with Gasteiger partial charge in [0.1, 0.15) is 23.6 Å². The predicted octanol–water partition coefficient (Wildman–Crippen LogP) is 4.82. The monoisotopic (exact) mass is 483 g/mol. The van der Waals surface area contributed by atoms with Crippen LogP contribution in [0.4, 0.5) is 10.1 Å². The van der Waals surface area contributed by atoms with Crippen LogP contribution in [0.25, 0.3) is 33.9 Å². The zero-order chi connectivity index (χ0) is 25.4. The zero-order valence-corrected chi connectivity index (χ0v) is 19.9. The first-order chi connectivity index (χ1) is 17.3. The van der Waals surface area contributed by atoms with Crippen molar-refractivity contribution in [2.75, 3.05) is 5.32 Å². The first-order valence-corrected chi connectivity index (χ1v) is 11.3. The Kier molecular flexibility index (Phi) is 5.89. The first-order valence-electron chi connectivity index (χ1n) is 11.3. The summed E-state index contributed by atoms with van der Waals surface area (Å²) < 4.78 is 20.7. The zero-order valence-electron chi connectivity index (χ0n) is 19.9. The van der Waals surface area contributed by atoms with Gasteiger partial charge in [0.05, 0.1) is 5.39 Å². The van der Waals surface area contributed by atoms with Gasteiger partial charge in [-0.05, 0) is 56.2 Å². The number of hydrogen-bond donors (Lipinski definition) is 1. The van der Waals surface area contributed by atoms with Crippen LogP contribution in [-0.2, 0) is 11.3 Å². The summed E-state index contributed by atoms with van der Waals surface area (Å²) in [6, 6.07) is 15.1. The van der Waals surface area contributed by atoms with Crippen molar-refractivity contribution in [3.63, 3.8) is 0 Å². The van der Waals surface area contributed by atoms with E-state index in [2.05, 4.69) is 20.4 Å². The van der Waals surface area contributed by atoms with Gasteiger partial charge >= 0.3 is 0 Å². The van der Waals surface area contributed by atoms with E-state index in [1.165, 1.54) is 18.3 Å². The lowest BCUT2D eigenvalue weighted by molar-refractivity contribution is -0.116. The van der Waals surface area contributed by atoms with Gasteiger partial charge in [0.15, 0.2) is 0 Å². The van der Waals surface area contributed by atoms with Crippen LogP contribution in [0.5, 0.6) is 0 Å². The quantitative estimate of drug-likeness (QED) is 0.385. The SMILES string of the molecule is Cc1ccc2c(=O)c(-c3nc(-c4ccccc4C)no3)cn(CC(=O)Nc3cc(F)ccc3C)c2n1. The highest BCUT2D eigenvalue weighted by atomic mass is 19.1. The van der Waals surface area contributed by atoms with Crippen LogP contribution in [-0.4, -0.2) is 25.6 Å². The van der Waals surface area contributed by atoms with Crippen LogP contribution in [0, 0.1) is 26.6 Å². The molecule has 9 heteroatoms. The highest BCUT2D eigenvalue weighted by Gasteiger charge is 2.20. The molecule has 5 rings (SSSR count). The fraction of sp³-hybridized carbons (Fsp3) is 0.148. The Balaban J connectivity index is 1.57. The molecule has 0 aliphatic heterocycles. The van der Waals surface area contributed by atoms with Crippen LogP contribution < -0.4 is 10.7 Å². The Bertz CT molecular complexity index is 1690. The number of rotatable bonds is 5. The third kappa shape index (κ3) is 4.38. The molecule has 8 nitrogen and oxygen atoms in total. The van der Waals surface area contributed by atoms with Gasteiger partial charge in [0, 0.05) is 23.1 Å². The van der Waals surface area contributed by atoms with Crippen LogP contribution >= 0.6 is 0 Å². The maximum absolute atomic E-state index is 13.7. The molecule has 0 atom stereocenters. The standard InChI is InChI=1S/C27H22FN5O3/c1-15-6-4-5-7-19(15)25-31-27(36-32-25)21-13-33(26-20(24(21)35)11-9-17(3)29-26)14-23(34)30-22-12-18(28)10-8-16(22)2/h4-13H,14H2,1-3H3,(H,30,34). The number of aromatic nitrogens is 4. The Labute approximate surface area is 205 Å². The highest BCUT2D eigenvalue weighted by Crippen LogP contribution is 2.24.